The highest BCUT2D eigenvalue weighted by atomic mass is 15.3. The number of aromatic nitrogens is 2. The summed E-state index contributed by atoms with van der Waals surface area (Å²) in [5.41, 5.74) is 7.33. The van der Waals surface area contributed by atoms with E-state index in [1.165, 1.54) is 0 Å². The quantitative estimate of drug-likeness (QED) is 0.489. The predicted octanol–water partition coefficient (Wildman–Crippen LogP) is 0.242. The van der Waals surface area contributed by atoms with E-state index in [2.05, 4.69) is 10.2 Å². The summed E-state index contributed by atoms with van der Waals surface area (Å²) in [5.74, 6) is 0.671. The normalized spacial score (nSPS) is 11.8. The summed E-state index contributed by atoms with van der Waals surface area (Å²) < 4.78 is 3.62. The number of nitrogen functional groups attached to an aromatic ring is 1. The summed E-state index contributed by atoms with van der Waals surface area (Å²) in [6.07, 6.45) is 1.80. The fraction of sp³-hybridized carbons (Fsp3) is 0.500. The van der Waals surface area contributed by atoms with Crippen LogP contribution in [0.2, 0.25) is 0 Å². The second-order valence-electron chi connectivity index (χ2n) is 3.17. The smallest absolute Gasteiger partial charge is 0.230 e. The highest BCUT2D eigenvalue weighted by Crippen LogP contribution is 1.93. The lowest BCUT2D eigenvalue weighted by Crippen LogP contribution is -2.22. The Balaban J connectivity index is 3.29. The van der Waals surface area contributed by atoms with E-state index in [1.54, 1.807) is 10.8 Å². The molecule has 5 heteroatoms. The van der Waals surface area contributed by atoms with Gasteiger partial charge in [0.05, 0.1) is 0 Å². The number of anilines is 1. The van der Waals surface area contributed by atoms with Gasteiger partial charge in [0, 0.05) is 26.0 Å². The monoisotopic (exact) mass is 181 g/mol. The minimum Gasteiger partial charge on any atom is -0.384 e. The largest absolute Gasteiger partial charge is 0.384 e. The third-order valence-electron chi connectivity index (χ3n) is 1.67. The van der Waals surface area contributed by atoms with Crippen molar-refractivity contribution in [3.8, 4) is 0 Å². The third-order valence-corrected chi connectivity index (χ3v) is 1.67. The van der Waals surface area contributed by atoms with E-state index in [9.17, 15) is 0 Å². The Bertz CT molecular complexity index is 389. The zero-order valence-corrected chi connectivity index (χ0v) is 8.44. The maximum absolute atomic E-state index is 5.68. The van der Waals surface area contributed by atoms with Gasteiger partial charge in [0.1, 0.15) is 5.82 Å². The predicted molar refractivity (Wildman–Crippen MR) is 53.1 cm³/mol. The Hall–Kier alpha value is -1.52. The molecule has 5 nitrogen and oxygen atoms in total. The van der Waals surface area contributed by atoms with Crippen LogP contribution in [0.15, 0.2) is 16.4 Å². The average molecular weight is 181 g/mol. The highest BCUT2D eigenvalue weighted by Gasteiger charge is 1.98. The second kappa shape index (κ2) is 3.47. The summed E-state index contributed by atoms with van der Waals surface area (Å²) >= 11 is 0. The lowest BCUT2D eigenvalue weighted by Gasteiger charge is -1.93. The highest BCUT2D eigenvalue weighted by molar-refractivity contribution is 5.78. The van der Waals surface area contributed by atoms with E-state index < -0.39 is 0 Å². The number of aryl methyl sites for hydroxylation is 1. The molecule has 0 atom stereocenters. The minimum absolute atomic E-state index is 0.671. The van der Waals surface area contributed by atoms with Gasteiger partial charge in [-0.3, -0.25) is 4.57 Å². The van der Waals surface area contributed by atoms with Crippen molar-refractivity contribution in [2.75, 3.05) is 5.73 Å². The van der Waals surface area contributed by atoms with Gasteiger partial charge in [0.15, 0.2) is 0 Å². The number of nitrogens with two attached hydrogens (primary N) is 1. The van der Waals surface area contributed by atoms with Crippen LogP contribution >= 0.6 is 0 Å². The van der Waals surface area contributed by atoms with Gasteiger partial charge in [-0.1, -0.05) is 0 Å². The SMILES string of the molecule is CC(C)=NN=c1n(C)cc(N)n1C. The van der Waals surface area contributed by atoms with Gasteiger partial charge < -0.3 is 10.3 Å². The molecule has 0 aliphatic rings. The molecule has 0 bridgehead atoms. The molecule has 1 aromatic rings. The summed E-state index contributed by atoms with van der Waals surface area (Å²) in [6.45, 7) is 3.80. The van der Waals surface area contributed by atoms with E-state index in [4.69, 9.17) is 5.73 Å². The van der Waals surface area contributed by atoms with Gasteiger partial charge in [-0.15, -0.1) is 5.10 Å². The van der Waals surface area contributed by atoms with Crippen molar-refractivity contribution in [3.05, 3.63) is 11.8 Å². The molecule has 1 aromatic heterocycles. The summed E-state index contributed by atoms with van der Waals surface area (Å²) in [7, 11) is 3.74. The fourth-order valence-electron chi connectivity index (χ4n) is 0.977. The van der Waals surface area contributed by atoms with Crippen LogP contribution in [0.1, 0.15) is 13.8 Å². The number of nitrogens with zero attached hydrogens (tertiary/aromatic N) is 4. The van der Waals surface area contributed by atoms with Crippen molar-refractivity contribution in [1.29, 1.82) is 0 Å². The zero-order valence-electron chi connectivity index (χ0n) is 8.44. The maximum Gasteiger partial charge on any atom is 0.230 e. The first-order valence-electron chi connectivity index (χ1n) is 4.05. The van der Waals surface area contributed by atoms with Crippen LogP contribution in [0.3, 0.4) is 0 Å². The molecule has 0 aliphatic heterocycles. The van der Waals surface area contributed by atoms with E-state index in [-0.39, 0.29) is 0 Å². The van der Waals surface area contributed by atoms with Crippen LogP contribution in [0.4, 0.5) is 5.82 Å². The molecule has 0 aromatic carbocycles. The average Bonchev–Trinajstić information content (AvgIpc) is 2.24. The standard InChI is InChI=1S/C8H15N5/c1-6(2)10-11-8-12(3)5-7(9)13(8)4/h5H,9H2,1-4H3. The molecule has 0 amide bonds. The zero-order chi connectivity index (χ0) is 10.0. The van der Waals surface area contributed by atoms with Crippen LogP contribution < -0.4 is 11.4 Å². The van der Waals surface area contributed by atoms with Crippen LogP contribution in [0.25, 0.3) is 0 Å². The molecule has 2 N–H and O–H groups in total. The Morgan fingerprint density at radius 1 is 1.38 bits per heavy atom. The van der Waals surface area contributed by atoms with Crippen molar-refractivity contribution in [2.45, 2.75) is 13.8 Å². The molecule has 13 heavy (non-hydrogen) atoms. The number of hydrogen-bond acceptors (Lipinski definition) is 3. The van der Waals surface area contributed by atoms with Gasteiger partial charge in [0.2, 0.25) is 5.62 Å². The van der Waals surface area contributed by atoms with Crippen molar-refractivity contribution in [1.82, 2.24) is 9.13 Å². The van der Waals surface area contributed by atoms with Gasteiger partial charge in [-0.05, 0) is 13.8 Å². The van der Waals surface area contributed by atoms with Crippen LogP contribution in [0, 0.1) is 0 Å². The van der Waals surface area contributed by atoms with E-state index in [1.807, 2.05) is 32.5 Å². The summed E-state index contributed by atoms with van der Waals surface area (Å²) in [5, 5.41) is 8.03. The van der Waals surface area contributed by atoms with Crippen LogP contribution in [-0.2, 0) is 14.1 Å². The van der Waals surface area contributed by atoms with E-state index in [0.29, 0.717) is 5.82 Å². The van der Waals surface area contributed by atoms with Crippen molar-refractivity contribution < 1.29 is 0 Å². The van der Waals surface area contributed by atoms with Crippen LogP contribution in [-0.4, -0.2) is 14.8 Å². The lowest BCUT2D eigenvalue weighted by molar-refractivity contribution is 0.730. The molecule has 0 saturated carbocycles. The van der Waals surface area contributed by atoms with Gasteiger partial charge in [0.25, 0.3) is 0 Å². The number of rotatable bonds is 1. The Morgan fingerprint density at radius 2 is 2.00 bits per heavy atom. The Kier molecular flexibility index (Phi) is 2.55. The third kappa shape index (κ3) is 1.99. The number of imidazole rings is 1. The van der Waals surface area contributed by atoms with Crippen LogP contribution in [0.5, 0.6) is 0 Å². The molecule has 0 unspecified atom stereocenters. The fourth-order valence-corrected chi connectivity index (χ4v) is 0.977. The first-order valence-corrected chi connectivity index (χ1v) is 4.05. The summed E-state index contributed by atoms with van der Waals surface area (Å²) in [6, 6.07) is 0. The van der Waals surface area contributed by atoms with Gasteiger partial charge in [-0.2, -0.15) is 5.10 Å². The van der Waals surface area contributed by atoms with E-state index in [0.717, 1.165) is 11.3 Å². The minimum atomic E-state index is 0.671. The topological polar surface area (TPSA) is 60.6 Å². The molecule has 0 fully saturated rings. The summed E-state index contributed by atoms with van der Waals surface area (Å²) in [4.78, 5) is 0. The Labute approximate surface area is 77.2 Å². The van der Waals surface area contributed by atoms with E-state index >= 15 is 0 Å². The lowest BCUT2D eigenvalue weighted by atomic mass is 10.5. The molecular weight excluding hydrogens is 166 g/mol. The maximum atomic E-state index is 5.68. The molecular formula is C8H15N5. The first-order chi connectivity index (χ1) is 6.02. The molecule has 0 spiro atoms. The molecule has 72 valence electrons. The Morgan fingerprint density at radius 3 is 2.38 bits per heavy atom. The molecule has 0 radical (unpaired) electrons. The van der Waals surface area contributed by atoms with Gasteiger partial charge >= 0.3 is 0 Å². The molecule has 0 saturated heterocycles. The number of hydrogen-bond donors (Lipinski definition) is 1. The van der Waals surface area contributed by atoms with Gasteiger partial charge in [-0.25, -0.2) is 0 Å². The van der Waals surface area contributed by atoms with Crippen molar-refractivity contribution in [3.63, 3.8) is 0 Å². The first kappa shape index (κ1) is 9.57. The van der Waals surface area contributed by atoms with Crippen molar-refractivity contribution >= 4 is 11.5 Å². The molecule has 1 heterocycles. The molecule has 0 aliphatic carbocycles. The molecule has 1 rings (SSSR count). The van der Waals surface area contributed by atoms with Crippen molar-refractivity contribution in [2.24, 2.45) is 24.3 Å². The second-order valence-corrected chi connectivity index (χ2v) is 3.17.